The van der Waals surface area contributed by atoms with E-state index in [0.29, 0.717) is 28.4 Å². The number of aliphatic hydroxyl groups is 1. The van der Waals surface area contributed by atoms with Gasteiger partial charge >= 0.3 is 0 Å². The largest absolute Gasteiger partial charge is 0.394 e. The molecule has 4 rings (SSSR count). The number of nitrogens with one attached hydrogen (secondary N) is 3. The summed E-state index contributed by atoms with van der Waals surface area (Å²) in [5.74, 6) is 0.978. The molecule has 1 amide bonds. The number of carbonyl (C=O) groups is 1. The Bertz CT molecular complexity index is 1060. The first kappa shape index (κ1) is 21.3. The lowest BCUT2D eigenvalue weighted by molar-refractivity contribution is 0.0916. The molecule has 0 bridgehead atoms. The van der Waals surface area contributed by atoms with Gasteiger partial charge in [0.15, 0.2) is 0 Å². The molecule has 3 aromatic rings. The smallest absolute Gasteiger partial charge is 0.253 e. The maximum Gasteiger partial charge on any atom is 0.253 e. The monoisotopic (exact) mass is 440 g/mol. The van der Waals surface area contributed by atoms with Crippen LogP contribution in [0.3, 0.4) is 0 Å². The van der Waals surface area contributed by atoms with Crippen LogP contribution in [0.1, 0.15) is 33.9 Å². The summed E-state index contributed by atoms with van der Waals surface area (Å²) < 4.78 is 1.80. The summed E-state index contributed by atoms with van der Waals surface area (Å²) in [7, 11) is 0. The van der Waals surface area contributed by atoms with Crippen LogP contribution in [0, 0.1) is 6.92 Å². The molecule has 1 aliphatic rings. The first-order valence-corrected chi connectivity index (χ1v) is 10.6. The normalized spacial score (nSPS) is 16.8. The second-order valence-corrected chi connectivity index (χ2v) is 8.04. The Morgan fingerprint density at radius 1 is 1.42 bits per heavy atom. The van der Waals surface area contributed by atoms with Crippen molar-refractivity contribution >= 4 is 23.5 Å². The van der Waals surface area contributed by atoms with Gasteiger partial charge in [0, 0.05) is 41.8 Å². The lowest BCUT2D eigenvalue weighted by atomic mass is 10.1. The molecule has 1 fully saturated rings. The molecular formula is C22H25ClN6O2. The number of hydrogen-bond donors (Lipinski definition) is 4. The Kier molecular flexibility index (Phi) is 6.50. The summed E-state index contributed by atoms with van der Waals surface area (Å²) in [6.45, 7) is 3.56. The van der Waals surface area contributed by atoms with Crippen LogP contribution >= 0.6 is 11.6 Å². The van der Waals surface area contributed by atoms with E-state index in [0.717, 1.165) is 30.6 Å². The van der Waals surface area contributed by atoms with E-state index in [9.17, 15) is 9.90 Å². The van der Waals surface area contributed by atoms with Gasteiger partial charge in [0.1, 0.15) is 5.82 Å². The molecule has 2 atom stereocenters. The SMILES string of the molecule is Cc1cnc(NC2CCNC2)nc1-n1ccc(C(=O)NC(CO)c2cccc(Cl)c2)c1. The number of hydrogen-bond acceptors (Lipinski definition) is 6. The maximum atomic E-state index is 12.8. The number of rotatable bonds is 7. The van der Waals surface area contributed by atoms with Crippen LogP contribution in [0.5, 0.6) is 0 Å². The molecule has 2 unspecified atom stereocenters. The molecule has 3 heterocycles. The summed E-state index contributed by atoms with van der Waals surface area (Å²) in [5, 5.41) is 19.8. The minimum atomic E-state index is -0.550. The number of anilines is 1. The number of halogens is 1. The van der Waals surface area contributed by atoms with Gasteiger partial charge in [-0.15, -0.1) is 0 Å². The summed E-state index contributed by atoms with van der Waals surface area (Å²) in [6, 6.07) is 8.56. The summed E-state index contributed by atoms with van der Waals surface area (Å²) in [6.07, 6.45) is 6.31. The third kappa shape index (κ3) is 5.04. The van der Waals surface area contributed by atoms with Gasteiger partial charge in [-0.1, -0.05) is 23.7 Å². The van der Waals surface area contributed by atoms with Crippen LogP contribution in [0.25, 0.3) is 5.82 Å². The van der Waals surface area contributed by atoms with E-state index >= 15 is 0 Å². The van der Waals surface area contributed by atoms with E-state index in [1.165, 1.54) is 0 Å². The van der Waals surface area contributed by atoms with E-state index in [1.807, 2.05) is 13.0 Å². The fraction of sp³-hybridized carbons (Fsp3) is 0.318. The highest BCUT2D eigenvalue weighted by molar-refractivity contribution is 6.30. The van der Waals surface area contributed by atoms with Gasteiger partial charge in [0.05, 0.1) is 18.2 Å². The van der Waals surface area contributed by atoms with E-state index in [4.69, 9.17) is 11.6 Å². The van der Waals surface area contributed by atoms with Crippen molar-refractivity contribution in [3.63, 3.8) is 0 Å². The Labute approximate surface area is 185 Å². The fourth-order valence-corrected chi connectivity index (χ4v) is 3.78. The Morgan fingerprint density at radius 2 is 2.29 bits per heavy atom. The second-order valence-electron chi connectivity index (χ2n) is 7.61. The van der Waals surface area contributed by atoms with E-state index in [2.05, 4.69) is 25.9 Å². The van der Waals surface area contributed by atoms with Crippen LogP contribution in [-0.4, -0.2) is 51.3 Å². The molecule has 0 radical (unpaired) electrons. The van der Waals surface area contributed by atoms with E-state index in [-0.39, 0.29) is 12.5 Å². The first-order valence-electron chi connectivity index (χ1n) is 10.2. The molecule has 1 aromatic carbocycles. The zero-order valence-electron chi connectivity index (χ0n) is 17.2. The van der Waals surface area contributed by atoms with Crippen molar-refractivity contribution in [3.8, 4) is 5.82 Å². The third-order valence-electron chi connectivity index (χ3n) is 5.28. The van der Waals surface area contributed by atoms with Gasteiger partial charge in [0.2, 0.25) is 5.95 Å². The first-order chi connectivity index (χ1) is 15.0. The molecule has 1 saturated heterocycles. The molecule has 4 N–H and O–H groups in total. The van der Waals surface area contributed by atoms with Crippen molar-refractivity contribution in [1.82, 2.24) is 25.2 Å². The molecule has 0 aliphatic carbocycles. The number of benzene rings is 1. The third-order valence-corrected chi connectivity index (χ3v) is 5.51. The highest BCUT2D eigenvalue weighted by atomic mass is 35.5. The van der Waals surface area contributed by atoms with Crippen molar-refractivity contribution in [2.24, 2.45) is 0 Å². The van der Waals surface area contributed by atoms with Crippen LogP contribution in [0.4, 0.5) is 5.95 Å². The van der Waals surface area contributed by atoms with Crippen molar-refractivity contribution in [2.45, 2.75) is 25.4 Å². The number of amides is 1. The quantitative estimate of drug-likeness (QED) is 0.450. The average molecular weight is 441 g/mol. The Morgan fingerprint density at radius 3 is 3.03 bits per heavy atom. The molecule has 0 spiro atoms. The predicted octanol–water partition coefficient (Wildman–Crippen LogP) is 2.47. The zero-order chi connectivity index (χ0) is 21.8. The lowest BCUT2D eigenvalue weighted by Gasteiger charge is -2.16. The van der Waals surface area contributed by atoms with E-state index < -0.39 is 6.04 Å². The molecule has 162 valence electrons. The molecule has 2 aromatic heterocycles. The van der Waals surface area contributed by atoms with Gasteiger partial charge in [-0.05, 0) is 43.7 Å². The van der Waals surface area contributed by atoms with Crippen molar-refractivity contribution in [1.29, 1.82) is 0 Å². The zero-order valence-corrected chi connectivity index (χ0v) is 17.9. The van der Waals surface area contributed by atoms with Crippen molar-refractivity contribution in [2.75, 3.05) is 25.0 Å². The van der Waals surface area contributed by atoms with Gasteiger partial charge in [-0.25, -0.2) is 4.98 Å². The molecule has 0 saturated carbocycles. The van der Waals surface area contributed by atoms with Gasteiger partial charge in [0.25, 0.3) is 5.91 Å². The van der Waals surface area contributed by atoms with Crippen LogP contribution in [0.15, 0.2) is 48.9 Å². The minimum absolute atomic E-state index is 0.233. The van der Waals surface area contributed by atoms with Gasteiger partial charge in [-0.3, -0.25) is 4.79 Å². The van der Waals surface area contributed by atoms with Gasteiger partial charge in [-0.2, -0.15) is 4.98 Å². The number of aromatic nitrogens is 3. The molecular weight excluding hydrogens is 416 g/mol. The summed E-state index contributed by atoms with van der Waals surface area (Å²) in [4.78, 5) is 21.8. The highest BCUT2D eigenvalue weighted by Gasteiger charge is 2.18. The predicted molar refractivity (Wildman–Crippen MR) is 120 cm³/mol. The Balaban J connectivity index is 1.50. The second kappa shape index (κ2) is 9.47. The summed E-state index contributed by atoms with van der Waals surface area (Å²) in [5.41, 5.74) is 2.10. The van der Waals surface area contributed by atoms with E-state index in [1.54, 1.807) is 47.4 Å². The molecule has 1 aliphatic heterocycles. The molecule has 9 heteroatoms. The molecule has 8 nitrogen and oxygen atoms in total. The van der Waals surface area contributed by atoms with Crippen LogP contribution < -0.4 is 16.0 Å². The fourth-order valence-electron chi connectivity index (χ4n) is 3.59. The number of carbonyl (C=O) groups excluding carboxylic acids is 1. The maximum absolute atomic E-state index is 12.8. The Hall–Kier alpha value is -2.94. The van der Waals surface area contributed by atoms with Crippen LogP contribution in [-0.2, 0) is 0 Å². The average Bonchev–Trinajstić information content (AvgIpc) is 3.45. The summed E-state index contributed by atoms with van der Waals surface area (Å²) >= 11 is 6.03. The lowest BCUT2D eigenvalue weighted by Crippen LogP contribution is -2.30. The highest BCUT2D eigenvalue weighted by Crippen LogP contribution is 2.19. The number of aryl methyl sites for hydroxylation is 1. The van der Waals surface area contributed by atoms with Crippen molar-refractivity contribution in [3.05, 3.63) is 70.6 Å². The standard InChI is InChI=1S/C22H25ClN6O2/c1-14-10-25-22(26-18-5-7-24-11-18)28-20(14)29-8-6-16(12-29)21(31)27-19(13-30)15-3-2-4-17(23)9-15/h2-4,6,8-10,12,18-19,24,30H,5,7,11,13H2,1H3,(H,27,31)(H,25,26,28). The minimum Gasteiger partial charge on any atom is -0.394 e. The van der Waals surface area contributed by atoms with Gasteiger partial charge < -0.3 is 25.6 Å². The van der Waals surface area contributed by atoms with Crippen LogP contribution in [0.2, 0.25) is 5.02 Å². The number of aliphatic hydroxyl groups excluding tert-OH is 1. The topological polar surface area (TPSA) is 104 Å². The molecule has 31 heavy (non-hydrogen) atoms. The number of nitrogens with zero attached hydrogens (tertiary/aromatic N) is 3. The van der Waals surface area contributed by atoms with Crippen molar-refractivity contribution < 1.29 is 9.90 Å².